The minimum atomic E-state index is -0.901. The van der Waals surface area contributed by atoms with E-state index in [0.29, 0.717) is 11.3 Å². The van der Waals surface area contributed by atoms with Gasteiger partial charge >= 0.3 is 6.09 Å². The maximum absolute atomic E-state index is 11.0. The minimum Gasteiger partial charge on any atom is -0.449 e. The maximum Gasteiger partial charge on any atom is 0.424 e. The van der Waals surface area contributed by atoms with Crippen LogP contribution in [0.3, 0.4) is 0 Å². The van der Waals surface area contributed by atoms with Crippen molar-refractivity contribution in [3.8, 4) is 0 Å². The van der Waals surface area contributed by atoms with Crippen molar-refractivity contribution in [1.29, 1.82) is 0 Å². The van der Waals surface area contributed by atoms with Crippen LogP contribution < -0.4 is 0 Å². The molecule has 0 saturated carbocycles. The monoisotopic (exact) mass is 183 g/mol. The van der Waals surface area contributed by atoms with E-state index in [-0.39, 0.29) is 6.61 Å². The molecule has 1 aliphatic heterocycles. The summed E-state index contributed by atoms with van der Waals surface area (Å²) in [6.07, 6.45) is 1.82. The van der Waals surface area contributed by atoms with Crippen molar-refractivity contribution in [1.82, 2.24) is 4.90 Å². The van der Waals surface area contributed by atoms with E-state index in [2.05, 4.69) is 4.74 Å². The summed E-state index contributed by atoms with van der Waals surface area (Å²) in [5, 5.41) is 0. The van der Waals surface area contributed by atoms with Crippen LogP contribution >= 0.6 is 0 Å². The zero-order chi connectivity index (χ0) is 9.84. The third-order valence-corrected chi connectivity index (χ3v) is 1.42. The summed E-state index contributed by atoms with van der Waals surface area (Å²) in [5.74, 6) is -1.29. The summed E-state index contributed by atoms with van der Waals surface area (Å²) in [5.41, 5.74) is 0. The van der Waals surface area contributed by atoms with E-state index in [9.17, 15) is 14.4 Å². The number of amides is 3. The van der Waals surface area contributed by atoms with Gasteiger partial charge in [-0.3, -0.25) is 9.59 Å². The molecular weight excluding hydrogens is 174 g/mol. The van der Waals surface area contributed by atoms with E-state index >= 15 is 0 Å². The highest BCUT2D eigenvalue weighted by molar-refractivity contribution is 6.21. The first-order valence-corrected chi connectivity index (χ1v) is 3.89. The van der Waals surface area contributed by atoms with Crippen molar-refractivity contribution in [3.05, 3.63) is 12.2 Å². The molecule has 0 aromatic heterocycles. The molecule has 0 atom stereocenters. The van der Waals surface area contributed by atoms with Crippen molar-refractivity contribution in [2.24, 2.45) is 0 Å². The lowest BCUT2D eigenvalue weighted by molar-refractivity contribution is -0.134. The summed E-state index contributed by atoms with van der Waals surface area (Å²) >= 11 is 0. The Kier molecular flexibility index (Phi) is 2.79. The Morgan fingerprint density at radius 3 is 2.38 bits per heavy atom. The standard InChI is InChI=1S/C8H9NO4/c1-2-5-13-8(12)9-6(10)3-4-7(9)11/h3-4H,2,5H2,1H3. The van der Waals surface area contributed by atoms with Gasteiger partial charge in [0.15, 0.2) is 0 Å². The average Bonchev–Trinajstić information content (AvgIpc) is 2.42. The van der Waals surface area contributed by atoms with Gasteiger partial charge in [0.2, 0.25) is 0 Å². The van der Waals surface area contributed by atoms with Crippen molar-refractivity contribution >= 4 is 17.9 Å². The third-order valence-electron chi connectivity index (χ3n) is 1.42. The normalized spacial score (nSPS) is 15.3. The average molecular weight is 183 g/mol. The summed E-state index contributed by atoms with van der Waals surface area (Å²) in [6, 6.07) is 0. The van der Waals surface area contributed by atoms with Crippen LogP contribution in [-0.4, -0.2) is 29.4 Å². The van der Waals surface area contributed by atoms with E-state index in [1.165, 1.54) is 0 Å². The van der Waals surface area contributed by atoms with E-state index in [1.807, 2.05) is 6.92 Å². The van der Waals surface area contributed by atoms with Gasteiger partial charge in [-0.25, -0.2) is 4.79 Å². The van der Waals surface area contributed by atoms with Crippen LogP contribution in [0.1, 0.15) is 13.3 Å². The molecule has 5 nitrogen and oxygen atoms in total. The first kappa shape index (κ1) is 9.44. The molecule has 3 amide bonds. The van der Waals surface area contributed by atoms with Crippen molar-refractivity contribution < 1.29 is 19.1 Å². The van der Waals surface area contributed by atoms with Crippen molar-refractivity contribution in [2.75, 3.05) is 6.61 Å². The molecule has 1 rings (SSSR count). The van der Waals surface area contributed by atoms with Crippen LogP contribution in [0.2, 0.25) is 0 Å². The second kappa shape index (κ2) is 3.84. The Balaban J connectivity index is 2.57. The maximum atomic E-state index is 11.0. The van der Waals surface area contributed by atoms with E-state index in [4.69, 9.17) is 0 Å². The van der Waals surface area contributed by atoms with Gasteiger partial charge in [0.1, 0.15) is 0 Å². The van der Waals surface area contributed by atoms with E-state index < -0.39 is 17.9 Å². The number of nitrogens with zero attached hydrogens (tertiary/aromatic N) is 1. The van der Waals surface area contributed by atoms with Gasteiger partial charge in [0.25, 0.3) is 11.8 Å². The van der Waals surface area contributed by atoms with Gasteiger partial charge in [0, 0.05) is 12.2 Å². The van der Waals surface area contributed by atoms with E-state index in [0.717, 1.165) is 12.2 Å². The molecule has 13 heavy (non-hydrogen) atoms. The van der Waals surface area contributed by atoms with Crippen LogP contribution in [0.4, 0.5) is 4.79 Å². The molecule has 0 radical (unpaired) electrons. The largest absolute Gasteiger partial charge is 0.449 e. The van der Waals surface area contributed by atoms with Crippen LogP contribution in [0.15, 0.2) is 12.2 Å². The molecule has 0 fully saturated rings. The summed E-state index contributed by atoms with van der Waals surface area (Å²) < 4.78 is 4.62. The van der Waals surface area contributed by atoms with Gasteiger partial charge in [-0.2, -0.15) is 4.90 Å². The molecule has 0 spiro atoms. The van der Waals surface area contributed by atoms with Gasteiger partial charge < -0.3 is 4.74 Å². The van der Waals surface area contributed by atoms with E-state index in [1.54, 1.807) is 0 Å². The highest BCUT2D eigenvalue weighted by Crippen LogP contribution is 2.05. The van der Waals surface area contributed by atoms with Crippen LogP contribution in [0.25, 0.3) is 0 Å². The topological polar surface area (TPSA) is 63.7 Å². The first-order chi connectivity index (χ1) is 6.16. The fraction of sp³-hybridized carbons (Fsp3) is 0.375. The number of carbonyl (C=O) groups excluding carboxylic acids is 3. The highest BCUT2D eigenvalue weighted by atomic mass is 16.6. The molecule has 0 saturated heterocycles. The Labute approximate surface area is 75.0 Å². The predicted octanol–water partition coefficient (Wildman–Crippen LogP) is 0.458. The fourth-order valence-electron chi connectivity index (χ4n) is 0.834. The second-order valence-electron chi connectivity index (χ2n) is 2.46. The third kappa shape index (κ3) is 1.93. The Bertz CT molecular complexity index is 264. The van der Waals surface area contributed by atoms with Gasteiger partial charge in [0.05, 0.1) is 6.61 Å². The molecule has 70 valence electrons. The van der Waals surface area contributed by atoms with Crippen LogP contribution in [0, 0.1) is 0 Å². The molecule has 0 aliphatic carbocycles. The Morgan fingerprint density at radius 2 is 1.92 bits per heavy atom. The van der Waals surface area contributed by atoms with Crippen LogP contribution in [0.5, 0.6) is 0 Å². The highest BCUT2D eigenvalue weighted by Gasteiger charge is 2.31. The lowest BCUT2D eigenvalue weighted by Crippen LogP contribution is -2.36. The molecule has 1 aliphatic rings. The minimum absolute atomic E-state index is 0.204. The van der Waals surface area contributed by atoms with Gasteiger partial charge in [-0.15, -0.1) is 0 Å². The summed E-state index contributed by atoms with van der Waals surface area (Å²) in [4.78, 5) is 33.3. The number of hydrogen-bond donors (Lipinski definition) is 0. The fourth-order valence-corrected chi connectivity index (χ4v) is 0.834. The quantitative estimate of drug-likeness (QED) is 0.583. The summed E-state index contributed by atoms with van der Waals surface area (Å²) in [7, 11) is 0. The Hall–Kier alpha value is -1.65. The number of ether oxygens (including phenoxy) is 1. The van der Waals surface area contributed by atoms with Gasteiger partial charge in [-0.05, 0) is 6.42 Å². The molecule has 0 bridgehead atoms. The lowest BCUT2D eigenvalue weighted by Gasteiger charge is -2.10. The van der Waals surface area contributed by atoms with Crippen LogP contribution in [-0.2, 0) is 14.3 Å². The molecule has 0 aromatic rings. The Morgan fingerprint density at radius 1 is 1.38 bits per heavy atom. The lowest BCUT2D eigenvalue weighted by atomic mass is 10.5. The SMILES string of the molecule is CCCOC(=O)N1C(=O)C=CC1=O. The smallest absolute Gasteiger partial charge is 0.424 e. The number of imide groups is 3. The van der Waals surface area contributed by atoms with Gasteiger partial charge in [-0.1, -0.05) is 6.92 Å². The number of rotatable bonds is 2. The molecule has 0 aromatic carbocycles. The number of carbonyl (C=O) groups is 3. The zero-order valence-corrected chi connectivity index (χ0v) is 7.15. The molecule has 0 unspecified atom stereocenters. The van der Waals surface area contributed by atoms with Crippen molar-refractivity contribution in [3.63, 3.8) is 0 Å². The van der Waals surface area contributed by atoms with Crippen molar-refractivity contribution in [2.45, 2.75) is 13.3 Å². The second-order valence-corrected chi connectivity index (χ2v) is 2.46. The molecule has 1 heterocycles. The summed E-state index contributed by atoms with van der Waals surface area (Å²) in [6.45, 7) is 2.02. The predicted molar refractivity (Wildman–Crippen MR) is 42.6 cm³/mol. The molecular formula is C8H9NO4. The molecule has 0 N–H and O–H groups in total. The number of hydrogen-bond acceptors (Lipinski definition) is 4. The zero-order valence-electron chi connectivity index (χ0n) is 7.15. The first-order valence-electron chi connectivity index (χ1n) is 3.89. The molecule has 5 heteroatoms.